The number of nitrogens with two attached hydrogens (primary N) is 1. The van der Waals surface area contributed by atoms with Crippen molar-refractivity contribution in [1.29, 1.82) is 0 Å². The third kappa shape index (κ3) is 2.72. The Kier molecular flexibility index (Phi) is 3.68. The topological polar surface area (TPSA) is 56.7 Å². The normalized spacial score (nSPS) is 18.3. The molecule has 1 aliphatic heterocycles. The number of aryl methyl sites for hydroxylation is 2. The molecular weight excluding hydrogens is 293 g/mol. The first-order chi connectivity index (χ1) is 10.4. The molecule has 1 unspecified atom stereocenters. The molecule has 118 valence electrons. The number of hydrogen-bond donors (Lipinski definition) is 1. The van der Waals surface area contributed by atoms with E-state index < -0.39 is 12.1 Å². The molecule has 0 saturated heterocycles. The van der Waals surface area contributed by atoms with Gasteiger partial charge in [0.15, 0.2) is 0 Å². The van der Waals surface area contributed by atoms with E-state index in [1.165, 1.54) is 0 Å². The fourth-order valence-electron chi connectivity index (χ4n) is 2.77. The van der Waals surface area contributed by atoms with Crippen molar-refractivity contribution in [3.8, 4) is 11.4 Å². The molecule has 0 amide bonds. The SMILES string of the molecule is Cc1cc(-c2cn3c(n2)CC(C(F)(F)F)CC3)ncc1CN. The number of pyridine rings is 1. The summed E-state index contributed by atoms with van der Waals surface area (Å²) in [6.07, 6.45) is -0.642. The molecule has 0 aromatic carbocycles. The third-order valence-electron chi connectivity index (χ3n) is 4.17. The smallest absolute Gasteiger partial charge is 0.334 e. The number of aromatic nitrogens is 3. The van der Waals surface area contributed by atoms with Gasteiger partial charge in [-0.2, -0.15) is 13.2 Å². The average Bonchev–Trinajstić information content (AvgIpc) is 2.89. The van der Waals surface area contributed by atoms with E-state index >= 15 is 0 Å². The highest BCUT2D eigenvalue weighted by molar-refractivity contribution is 5.55. The van der Waals surface area contributed by atoms with Crippen molar-refractivity contribution in [2.75, 3.05) is 0 Å². The van der Waals surface area contributed by atoms with Gasteiger partial charge in [-0.05, 0) is 30.5 Å². The Bertz CT molecular complexity index is 691. The van der Waals surface area contributed by atoms with E-state index in [0.717, 1.165) is 11.1 Å². The number of hydrogen-bond acceptors (Lipinski definition) is 3. The lowest BCUT2D eigenvalue weighted by atomic mass is 9.97. The van der Waals surface area contributed by atoms with Gasteiger partial charge in [0.25, 0.3) is 0 Å². The van der Waals surface area contributed by atoms with E-state index in [2.05, 4.69) is 9.97 Å². The van der Waals surface area contributed by atoms with Crippen molar-refractivity contribution in [1.82, 2.24) is 14.5 Å². The summed E-state index contributed by atoms with van der Waals surface area (Å²) in [5, 5.41) is 0. The van der Waals surface area contributed by atoms with Crippen molar-refractivity contribution in [3.63, 3.8) is 0 Å². The standard InChI is InChI=1S/C15H17F3N4/c1-9-4-12(20-7-10(9)6-19)13-8-22-3-2-11(15(16,17)18)5-14(22)21-13/h4,7-8,11H,2-3,5-6,19H2,1H3. The van der Waals surface area contributed by atoms with E-state index in [1.807, 2.05) is 13.0 Å². The van der Waals surface area contributed by atoms with Crippen LogP contribution in [0.1, 0.15) is 23.4 Å². The van der Waals surface area contributed by atoms with Crippen molar-refractivity contribution in [2.24, 2.45) is 11.7 Å². The molecule has 1 atom stereocenters. The second kappa shape index (κ2) is 5.39. The van der Waals surface area contributed by atoms with E-state index in [4.69, 9.17) is 5.73 Å². The van der Waals surface area contributed by atoms with Gasteiger partial charge in [-0.15, -0.1) is 0 Å². The third-order valence-corrected chi connectivity index (χ3v) is 4.17. The maximum atomic E-state index is 12.8. The first-order valence-electron chi connectivity index (χ1n) is 7.17. The lowest BCUT2D eigenvalue weighted by Crippen LogP contribution is -2.31. The molecule has 0 saturated carbocycles. The molecule has 0 radical (unpaired) electrons. The summed E-state index contributed by atoms with van der Waals surface area (Å²) in [7, 11) is 0. The summed E-state index contributed by atoms with van der Waals surface area (Å²) in [5.41, 5.74) is 8.85. The van der Waals surface area contributed by atoms with Gasteiger partial charge in [0.1, 0.15) is 11.5 Å². The average molecular weight is 310 g/mol. The molecule has 7 heteroatoms. The molecule has 2 aromatic rings. The van der Waals surface area contributed by atoms with Crippen LogP contribution in [-0.2, 0) is 19.5 Å². The second-order valence-corrected chi connectivity index (χ2v) is 5.67. The number of imidazole rings is 1. The molecule has 0 bridgehead atoms. The molecule has 0 spiro atoms. The number of rotatable bonds is 2. The minimum Gasteiger partial charge on any atom is -0.334 e. The molecule has 4 nitrogen and oxygen atoms in total. The van der Waals surface area contributed by atoms with Crippen LogP contribution in [0.5, 0.6) is 0 Å². The maximum absolute atomic E-state index is 12.8. The Morgan fingerprint density at radius 1 is 1.36 bits per heavy atom. The number of alkyl halides is 3. The molecule has 2 aromatic heterocycles. The number of fused-ring (bicyclic) bond motifs is 1. The van der Waals surface area contributed by atoms with Crippen LogP contribution in [0, 0.1) is 12.8 Å². The largest absolute Gasteiger partial charge is 0.392 e. The molecule has 1 aliphatic rings. The van der Waals surface area contributed by atoms with Crippen molar-refractivity contribution in [2.45, 2.75) is 39.0 Å². The van der Waals surface area contributed by atoms with Crippen LogP contribution in [0.15, 0.2) is 18.5 Å². The van der Waals surface area contributed by atoms with E-state index in [0.29, 0.717) is 30.3 Å². The zero-order chi connectivity index (χ0) is 15.9. The minimum atomic E-state index is -4.16. The number of nitrogens with zero attached hydrogens (tertiary/aromatic N) is 3. The van der Waals surface area contributed by atoms with Crippen LogP contribution in [-0.4, -0.2) is 20.7 Å². The first-order valence-corrected chi connectivity index (χ1v) is 7.17. The first kappa shape index (κ1) is 15.0. The quantitative estimate of drug-likeness (QED) is 0.928. The minimum absolute atomic E-state index is 0.0661. The molecular formula is C15H17F3N4. The summed E-state index contributed by atoms with van der Waals surface area (Å²) in [5.74, 6) is -0.824. The van der Waals surface area contributed by atoms with Gasteiger partial charge in [0.2, 0.25) is 0 Å². The monoisotopic (exact) mass is 310 g/mol. The number of halogens is 3. The Hall–Kier alpha value is -1.89. The van der Waals surface area contributed by atoms with Crippen molar-refractivity contribution in [3.05, 3.63) is 35.4 Å². The maximum Gasteiger partial charge on any atom is 0.392 e. The zero-order valence-corrected chi connectivity index (χ0v) is 12.2. The van der Waals surface area contributed by atoms with Gasteiger partial charge in [0.05, 0.1) is 11.6 Å². The van der Waals surface area contributed by atoms with Crippen LogP contribution in [0.3, 0.4) is 0 Å². The Morgan fingerprint density at radius 3 is 2.77 bits per heavy atom. The lowest BCUT2D eigenvalue weighted by molar-refractivity contribution is -0.179. The molecule has 22 heavy (non-hydrogen) atoms. The van der Waals surface area contributed by atoms with Crippen LogP contribution < -0.4 is 5.73 Å². The van der Waals surface area contributed by atoms with Crippen molar-refractivity contribution >= 4 is 0 Å². The van der Waals surface area contributed by atoms with Crippen LogP contribution in [0.4, 0.5) is 13.2 Å². The van der Waals surface area contributed by atoms with E-state index in [-0.39, 0.29) is 12.8 Å². The molecule has 2 N–H and O–H groups in total. The Balaban J connectivity index is 1.90. The van der Waals surface area contributed by atoms with Crippen LogP contribution >= 0.6 is 0 Å². The highest BCUT2D eigenvalue weighted by Crippen LogP contribution is 2.35. The Morgan fingerprint density at radius 2 is 2.14 bits per heavy atom. The van der Waals surface area contributed by atoms with Gasteiger partial charge in [-0.3, -0.25) is 4.98 Å². The summed E-state index contributed by atoms with van der Waals surface area (Å²) in [4.78, 5) is 8.66. The lowest BCUT2D eigenvalue weighted by Gasteiger charge is -2.25. The van der Waals surface area contributed by atoms with Crippen molar-refractivity contribution < 1.29 is 13.2 Å². The van der Waals surface area contributed by atoms with Gasteiger partial charge in [-0.25, -0.2) is 4.98 Å². The zero-order valence-electron chi connectivity index (χ0n) is 12.2. The highest BCUT2D eigenvalue weighted by atomic mass is 19.4. The van der Waals surface area contributed by atoms with Gasteiger partial charge in [-0.1, -0.05) is 0 Å². The van der Waals surface area contributed by atoms with E-state index in [9.17, 15) is 13.2 Å². The summed E-state index contributed by atoms with van der Waals surface area (Å²) >= 11 is 0. The fraction of sp³-hybridized carbons (Fsp3) is 0.467. The highest BCUT2D eigenvalue weighted by Gasteiger charge is 2.41. The summed E-state index contributed by atoms with van der Waals surface area (Å²) < 4.78 is 40.3. The summed E-state index contributed by atoms with van der Waals surface area (Å²) in [6.45, 7) is 2.68. The second-order valence-electron chi connectivity index (χ2n) is 5.67. The summed E-state index contributed by atoms with van der Waals surface area (Å²) in [6, 6.07) is 1.87. The molecule has 3 heterocycles. The van der Waals surface area contributed by atoms with Crippen LogP contribution in [0.2, 0.25) is 0 Å². The predicted octanol–water partition coefficient (Wildman–Crippen LogP) is 2.84. The molecule has 0 aliphatic carbocycles. The van der Waals surface area contributed by atoms with Gasteiger partial charge in [0, 0.05) is 31.9 Å². The van der Waals surface area contributed by atoms with Gasteiger partial charge < -0.3 is 10.3 Å². The van der Waals surface area contributed by atoms with Gasteiger partial charge >= 0.3 is 6.18 Å². The molecule has 3 rings (SSSR count). The Labute approximate surface area is 126 Å². The fourth-order valence-corrected chi connectivity index (χ4v) is 2.77. The van der Waals surface area contributed by atoms with E-state index in [1.54, 1.807) is 17.0 Å². The predicted molar refractivity (Wildman–Crippen MR) is 76.0 cm³/mol. The van der Waals surface area contributed by atoms with Crippen LogP contribution in [0.25, 0.3) is 11.4 Å². The molecule has 0 fully saturated rings.